The Hall–Kier alpha value is -1.34. The first-order chi connectivity index (χ1) is 8.59. The van der Waals surface area contributed by atoms with Crippen LogP contribution in [0.4, 0.5) is 4.79 Å². The Kier molecular flexibility index (Phi) is 4.03. The van der Waals surface area contributed by atoms with Gasteiger partial charge in [0.15, 0.2) is 0 Å². The maximum Gasteiger partial charge on any atom is 0.317 e. The summed E-state index contributed by atoms with van der Waals surface area (Å²) in [5.74, 6) is -1.60. The van der Waals surface area contributed by atoms with Crippen molar-refractivity contribution in [3.8, 4) is 0 Å². The maximum absolute atomic E-state index is 12.0. The van der Waals surface area contributed by atoms with Gasteiger partial charge in [0.05, 0.1) is 31.9 Å². The van der Waals surface area contributed by atoms with Gasteiger partial charge in [-0.15, -0.1) is 0 Å². The number of nitrogens with zero attached hydrogens (tertiary/aromatic N) is 1. The summed E-state index contributed by atoms with van der Waals surface area (Å²) in [6.45, 7) is 1.59. The second-order valence-corrected chi connectivity index (χ2v) is 4.67. The minimum absolute atomic E-state index is 0.0654. The van der Waals surface area contributed by atoms with Crippen LogP contribution in [0.25, 0.3) is 0 Å². The highest BCUT2D eigenvalue weighted by Gasteiger charge is 2.36. The molecule has 0 radical (unpaired) electrons. The summed E-state index contributed by atoms with van der Waals surface area (Å²) in [7, 11) is 1.69. The SMILES string of the molecule is CN(C(=O)NC1COCC1C(=O)O)C1CCOC1. The molecule has 2 fully saturated rings. The maximum atomic E-state index is 12.0. The molecule has 2 amide bonds. The number of hydrogen-bond acceptors (Lipinski definition) is 4. The average Bonchev–Trinajstić information content (AvgIpc) is 2.98. The average molecular weight is 258 g/mol. The molecule has 2 N–H and O–H groups in total. The third-order valence-electron chi connectivity index (χ3n) is 3.48. The van der Waals surface area contributed by atoms with E-state index in [4.69, 9.17) is 14.6 Å². The lowest BCUT2D eigenvalue weighted by atomic mass is 10.0. The van der Waals surface area contributed by atoms with Gasteiger partial charge in [0.2, 0.25) is 0 Å². The van der Waals surface area contributed by atoms with Crippen molar-refractivity contribution in [2.24, 2.45) is 5.92 Å². The Bertz CT molecular complexity index is 329. The van der Waals surface area contributed by atoms with E-state index >= 15 is 0 Å². The highest BCUT2D eigenvalue weighted by molar-refractivity contribution is 5.77. The van der Waals surface area contributed by atoms with Gasteiger partial charge in [-0.1, -0.05) is 0 Å². The molecule has 18 heavy (non-hydrogen) atoms. The summed E-state index contributed by atoms with van der Waals surface area (Å²) in [5.41, 5.74) is 0. The zero-order chi connectivity index (χ0) is 13.1. The van der Waals surface area contributed by atoms with Gasteiger partial charge in [0.25, 0.3) is 0 Å². The van der Waals surface area contributed by atoms with Crippen molar-refractivity contribution in [1.82, 2.24) is 10.2 Å². The fourth-order valence-corrected chi connectivity index (χ4v) is 2.19. The van der Waals surface area contributed by atoms with Gasteiger partial charge in [0.1, 0.15) is 5.92 Å². The first-order valence-corrected chi connectivity index (χ1v) is 6.01. The third-order valence-corrected chi connectivity index (χ3v) is 3.48. The Labute approximate surface area is 105 Å². The summed E-state index contributed by atoms with van der Waals surface area (Å²) < 4.78 is 10.3. The molecule has 2 heterocycles. The quantitative estimate of drug-likeness (QED) is 0.713. The van der Waals surface area contributed by atoms with E-state index in [1.165, 1.54) is 0 Å². The van der Waals surface area contributed by atoms with Crippen molar-refractivity contribution in [2.45, 2.75) is 18.5 Å². The lowest BCUT2D eigenvalue weighted by Crippen LogP contribution is -2.50. The molecule has 2 aliphatic rings. The molecule has 0 aromatic carbocycles. The van der Waals surface area contributed by atoms with E-state index in [2.05, 4.69) is 5.32 Å². The van der Waals surface area contributed by atoms with E-state index in [0.29, 0.717) is 13.2 Å². The van der Waals surface area contributed by atoms with Crippen LogP contribution < -0.4 is 5.32 Å². The minimum Gasteiger partial charge on any atom is -0.481 e. The number of rotatable bonds is 3. The molecular formula is C11H18N2O5. The lowest BCUT2D eigenvalue weighted by molar-refractivity contribution is -0.142. The number of nitrogens with one attached hydrogen (secondary N) is 1. The topological polar surface area (TPSA) is 88.1 Å². The Morgan fingerprint density at radius 3 is 2.67 bits per heavy atom. The fraction of sp³-hybridized carbons (Fsp3) is 0.818. The van der Waals surface area contributed by atoms with E-state index < -0.39 is 17.9 Å². The fourth-order valence-electron chi connectivity index (χ4n) is 2.19. The van der Waals surface area contributed by atoms with Gasteiger partial charge in [-0.3, -0.25) is 4.79 Å². The molecule has 0 bridgehead atoms. The van der Waals surface area contributed by atoms with Crippen LogP contribution in [0.5, 0.6) is 0 Å². The molecule has 7 heteroatoms. The van der Waals surface area contributed by atoms with Crippen molar-refractivity contribution in [2.75, 3.05) is 33.5 Å². The molecule has 0 aromatic rings. The molecule has 0 saturated carbocycles. The molecule has 2 rings (SSSR count). The van der Waals surface area contributed by atoms with Crippen LogP contribution in [0, 0.1) is 5.92 Å². The number of amides is 2. The number of carbonyl (C=O) groups is 2. The Balaban J connectivity index is 1.88. The molecule has 0 spiro atoms. The van der Waals surface area contributed by atoms with E-state index in [0.717, 1.165) is 6.42 Å². The van der Waals surface area contributed by atoms with Crippen LogP contribution in [0.1, 0.15) is 6.42 Å². The first-order valence-electron chi connectivity index (χ1n) is 6.01. The Morgan fingerprint density at radius 2 is 2.06 bits per heavy atom. The summed E-state index contributed by atoms with van der Waals surface area (Å²) in [6.07, 6.45) is 0.813. The number of aliphatic carboxylic acids is 1. The molecule has 2 saturated heterocycles. The van der Waals surface area contributed by atoms with Crippen molar-refractivity contribution in [3.05, 3.63) is 0 Å². The first kappa shape index (κ1) is 13.1. The van der Waals surface area contributed by atoms with Gasteiger partial charge < -0.3 is 24.8 Å². The molecule has 7 nitrogen and oxygen atoms in total. The number of carboxylic acids is 1. The third kappa shape index (κ3) is 2.73. The number of hydrogen-bond donors (Lipinski definition) is 2. The van der Waals surface area contributed by atoms with Crippen molar-refractivity contribution in [3.63, 3.8) is 0 Å². The normalized spacial score (nSPS) is 31.3. The lowest BCUT2D eigenvalue weighted by Gasteiger charge is -2.26. The summed E-state index contributed by atoms with van der Waals surface area (Å²) in [5, 5.41) is 11.7. The number of urea groups is 1. The largest absolute Gasteiger partial charge is 0.481 e. The second kappa shape index (κ2) is 5.53. The number of likely N-dealkylation sites (N-methyl/N-ethyl adjacent to an activating group) is 1. The molecular weight excluding hydrogens is 240 g/mol. The molecule has 102 valence electrons. The van der Waals surface area contributed by atoms with Crippen LogP contribution in [-0.4, -0.2) is 67.6 Å². The van der Waals surface area contributed by atoms with Gasteiger partial charge in [-0.05, 0) is 6.42 Å². The highest BCUT2D eigenvalue weighted by Crippen LogP contribution is 2.15. The van der Waals surface area contributed by atoms with Gasteiger partial charge in [-0.2, -0.15) is 0 Å². The predicted molar refractivity (Wildman–Crippen MR) is 61.3 cm³/mol. The predicted octanol–water partition coefficient (Wildman–Crippen LogP) is -0.484. The van der Waals surface area contributed by atoms with Crippen molar-refractivity contribution >= 4 is 12.0 Å². The zero-order valence-corrected chi connectivity index (χ0v) is 10.3. The van der Waals surface area contributed by atoms with Crippen LogP contribution in [0.2, 0.25) is 0 Å². The smallest absolute Gasteiger partial charge is 0.317 e. The summed E-state index contributed by atoms with van der Waals surface area (Å²) in [6, 6.07) is -0.664. The van der Waals surface area contributed by atoms with Crippen LogP contribution in [0.3, 0.4) is 0 Å². The van der Waals surface area contributed by atoms with E-state index in [-0.39, 0.29) is 25.3 Å². The monoisotopic (exact) mass is 258 g/mol. The zero-order valence-electron chi connectivity index (χ0n) is 10.3. The van der Waals surface area contributed by atoms with Crippen molar-refractivity contribution in [1.29, 1.82) is 0 Å². The highest BCUT2D eigenvalue weighted by atomic mass is 16.5. The van der Waals surface area contributed by atoms with E-state index in [9.17, 15) is 9.59 Å². The van der Waals surface area contributed by atoms with Gasteiger partial charge >= 0.3 is 12.0 Å². The van der Waals surface area contributed by atoms with Gasteiger partial charge in [0, 0.05) is 13.7 Å². The molecule has 3 unspecified atom stereocenters. The number of ether oxygens (including phenoxy) is 2. The van der Waals surface area contributed by atoms with Crippen LogP contribution >= 0.6 is 0 Å². The van der Waals surface area contributed by atoms with Crippen LogP contribution in [-0.2, 0) is 14.3 Å². The number of carbonyl (C=O) groups excluding carboxylic acids is 1. The Morgan fingerprint density at radius 1 is 1.28 bits per heavy atom. The second-order valence-electron chi connectivity index (χ2n) is 4.67. The van der Waals surface area contributed by atoms with E-state index in [1.54, 1.807) is 11.9 Å². The standard InChI is InChI=1S/C11H18N2O5/c1-13(7-2-3-17-4-7)11(16)12-9-6-18-5-8(9)10(14)15/h7-9H,2-6H2,1H3,(H,12,16)(H,14,15). The minimum atomic E-state index is -0.940. The van der Waals surface area contributed by atoms with Crippen LogP contribution in [0.15, 0.2) is 0 Å². The molecule has 0 aliphatic carbocycles. The number of carboxylic acid groups (broad SMARTS) is 1. The van der Waals surface area contributed by atoms with Crippen molar-refractivity contribution < 1.29 is 24.2 Å². The summed E-state index contributed by atoms with van der Waals surface area (Å²) in [4.78, 5) is 24.5. The molecule has 2 aliphatic heterocycles. The van der Waals surface area contributed by atoms with E-state index in [1.807, 2.05) is 0 Å². The van der Waals surface area contributed by atoms with Gasteiger partial charge in [-0.25, -0.2) is 4.79 Å². The summed E-state index contributed by atoms with van der Waals surface area (Å²) >= 11 is 0. The molecule has 0 aromatic heterocycles. The molecule has 3 atom stereocenters.